The van der Waals surface area contributed by atoms with Crippen molar-refractivity contribution < 1.29 is 14.3 Å². The van der Waals surface area contributed by atoms with E-state index in [9.17, 15) is 4.79 Å². The number of benzene rings is 1. The Hall–Kier alpha value is -1.71. The number of hydrogen-bond acceptors (Lipinski definition) is 4. The fourth-order valence-electron chi connectivity index (χ4n) is 2.85. The second-order valence-electron chi connectivity index (χ2n) is 6.52. The molecule has 1 aliphatic rings. The van der Waals surface area contributed by atoms with Crippen LogP contribution in [0.2, 0.25) is 0 Å². The Labute approximate surface area is 178 Å². The number of piperidine rings is 1. The number of aryl methyl sites for hydroxylation is 1. The SMILES string of the molecule is CCOC(=O)N1CCC(NC(N)=NCC(C)Oc2ccccc2C)CC1.I. The molecule has 2 rings (SSSR count). The van der Waals surface area contributed by atoms with Crippen molar-refractivity contribution >= 4 is 36.0 Å². The third-order valence-corrected chi connectivity index (χ3v) is 4.31. The van der Waals surface area contributed by atoms with Gasteiger partial charge in [0.2, 0.25) is 0 Å². The van der Waals surface area contributed by atoms with Gasteiger partial charge in [-0.1, -0.05) is 18.2 Å². The largest absolute Gasteiger partial charge is 0.489 e. The van der Waals surface area contributed by atoms with Crippen LogP contribution < -0.4 is 15.8 Å². The molecular weight excluding hydrogens is 459 g/mol. The molecule has 27 heavy (non-hydrogen) atoms. The number of para-hydroxylation sites is 1. The molecule has 1 aromatic carbocycles. The van der Waals surface area contributed by atoms with Gasteiger partial charge in [0.25, 0.3) is 0 Å². The van der Waals surface area contributed by atoms with Crippen LogP contribution in [-0.2, 0) is 4.74 Å². The summed E-state index contributed by atoms with van der Waals surface area (Å²) in [5.41, 5.74) is 7.10. The van der Waals surface area contributed by atoms with Crippen molar-refractivity contribution in [3.8, 4) is 5.75 Å². The van der Waals surface area contributed by atoms with E-state index < -0.39 is 0 Å². The van der Waals surface area contributed by atoms with Crippen LogP contribution in [0, 0.1) is 6.92 Å². The topological polar surface area (TPSA) is 89.2 Å². The Morgan fingerprint density at radius 3 is 2.67 bits per heavy atom. The lowest BCUT2D eigenvalue weighted by atomic mass is 10.1. The Balaban J connectivity index is 0.00000364. The molecular formula is C19H31IN4O3. The summed E-state index contributed by atoms with van der Waals surface area (Å²) in [6, 6.07) is 8.13. The third kappa shape index (κ3) is 7.82. The van der Waals surface area contributed by atoms with Gasteiger partial charge in [0.15, 0.2) is 5.96 Å². The van der Waals surface area contributed by atoms with E-state index >= 15 is 0 Å². The molecule has 0 radical (unpaired) electrons. The number of carbonyl (C=O) groups excluding carboxylic acids is 1. The lowest BCUT2D eigenvalue weighted by Gasteiger charge is -2.31. The van der Waals surface area contributed by atoms with Gasteiger partial charge >= 0.3 is 6.09 Å². The van der Waals surface area contributed by atoms with Crippen LogP contribution in [0.3, 0.4) is 0 Å². The van der Waals surface area contributed by atoms with E-state index in [1.807, 2.05) is 45.0 Å². The van der Waals surface area contributed by atoms with Crippen LogP contribution in [0.5, 0.6) is 5.75 Å². The van der Waals surface area contributed by atoms with Gasteiger partial charge in [-0.25, -0.2) is 9.79 Å². The maximum absolute atomic E-state index is 11.7. The van der Waals surface area contributed by atoms with Crippen molar-refractivity contribution in [1.82, 2.24) is 10.2 Å². The van der Waals surface area contributed by atoms with Crippen molar-refractivity contribution in [2.45, 2.75) is 45.8 Å². The van der Waals surface area contributed by atoms with E-state index in [0.717, 1.165) is 24.2 Å². The molecule has 1 aliphatic heterocycles. The third-order valence-electron chi connectivity index (χ3n) is 4.31. The van der Waals surface area contributed by atoms with Crippen molar-refractivity contribution in [3.63, 3.8) is 0 Å². The predicted octanol–water partition coefficient (Wildman–Crippen LogP) is 2.91. The number of amides is 1. The zero-order valence-corrected chi connectivity index (χ0v) is 18.6. The lowest BCUT2D eigenvalue weighted by molar-refractivity contribution is 0.0963. The highest BCUT2D eigenvalue weighted by Crippen LogP contribution is 2.17. The predicted molar refractivity (Wildman–Crippen MR) is 118 cm³/mol. The lowest BCUT2D eigenvalue weighted by Crippen LogP contribution is -2.48. The number of carbonyl (C=O) groups is 1. The molecule has 1 heterocycles. The fourth-order valence-corrected chi connectivity index (χ4v) is 2.85. The number of likely N-dealkylation sites (tertiary alicyclic amines) is 1. The summed E-state index contributed by atoms with van der Waals surface area (Å²) in [5, 5.41) is 3.23. The van der Waals surface area contributed by atoms with Gasteiger partial charge in [0.1, 0.15) is 11.9 Å². The molecule has 0 aliphatic carbocycles. The van der Waals surface area contributed by atoms with Gasteiger partial charge in [-0.3, -0.25) is 0 Å². The number of nitrogens with two attached hydrogens (primary N) is 1. The molecule has 152 valence electrons. The highest BCUT2D eigenvalue weighted by Gasteiger charge is 2.23. The highest BCUT2D eigenvalue weighted by molar-refractivity contribution is 14.0. The number of ether oxygens (including phenoxy) is 2. The summed E-state index contributed by atoms with van der Waals surface area (Å²) in [6.45, 7) is 8.01. The van der Waals surface area contributed by atoms with Gasteiger partial charge in [-0.05, 0) is 45.2 Å². The molecule has 3 N–H and O–H groups in total. The van der Waals surface area contributed by atoms with E-state index in [1.54, 1.807) is 4.90 Å². The molecule has 1 fully saturated rings. The Morgan fingerprint density at radius 2 is 2.04 bits per heavy atom. The van der Waals surface area contributed by atoms with Crippen LogP contribution >= 0.6 is 24.0 Å². The number of guanidine groups is 1. The number of hydrogen-bond donors (Lipinski definition) is 2. The average Bonchev–Trinajstić information content (AvgIpc) is 2.63. The number of nitrogens with zero attached hydrogens (tertiary/aromatic N) is 2. The molecule has 0 bridgehead atoms. The van der Waals surface area contributed by atoms with Gasteiger partial charge < -0.3 is 25.4 Å². The molecule has 1 amide bonds. The van der Waals surface area contributed by atoms with Crippen LogP contribution in [0.1, 0.15) is 32.3 Å². The monoisotopic (exact) mass is 490 g/mol. The molecule has 0 saturated carbocycles. The molecule has 0 spiro atoms. The van der Waals surface area contributed by atoms with E-state index in [4.69, 9.17) is 15.2 Å². The highest BCUT2D eigenvalue weighted by atomic mass is 127. The first kappa shape index (κ1) is 23.3. The van der Waals surface area contributed by atoms with E-state index in [2.05, 4.69) is 10.3 Å². The van der Waals surface area contributed by atoms with Gasteiger partial charge in [0.05, 0.1) is 13.2 Å². The van der Waals surface area contributed by atoms with E-state index in [-0.39, 0.29) is 42.2 Å². The van der Waals surface area contributed by atoms with Crippen molar-refractivity contribution in [3.05, 3.63) is 29.8 Å². The van der Waals surface area contributed by atoms with Gasteiger partial charge in [-0.15, -0.1) is 24.0 Å². The average molecular weight is 490 g/mol. The van der Waals surface area contributed by atoms with Crippen molar-refractivity contribution in [2.24, 2.45) is 10.7 Å². The van der Waals surface area contributed by atoms with E-state index in [0.29, 0.717) is 32.2 Å². The number of halogens is 1. The van der Waals surface area contributed by atoms with Crippen molar-refractivity contribution in [1.29, 1.82) is 0 Å². The van der Waals surface area contributed by atoms with Crippen LogP contribution in [0.15, 0.2) is 29.3 Å². The van der Waals surface area contributed by atoms with Crippen LogP contribution in [-0.4, -0.2) is 55.3 Å². The summed E-state index contributed by atoms with van der Waals surface area (Å²) < 4.78 is 10.9. The summed E-state index contributed by atoms with van der Waals surface area (Å²) in [7, 11) is 0. The quantitative estimate of drug-likeness (QED) is 0.364. The Kier molecular flexibility index (Phi) is 10.3. The fraction of sp³-hybridized carbons (Fsp3) is 0.579. The molecule has 1 atom stereocenters. The Bertz CT molecular complexity index is 619. The first-order valence-corrected chi connectivity index (χ1v) is 9.20. The molecule has 1 unspecified atom stereocenters. The summed E-state index contributed by atoms with van der Waals surface area (Å²) >= 11 is 0. The summed E-state index contributed by atoms with van der Waals surface area (Å²) in [6.07, 6.45) is 1.34. The maximum atomic E-state index is 11.7. The minimum atomic E-state index is -0.241. The van der Waals surface area contributed by atoms with Crippen LogP contribution in [0.4, 0.5) is 4.79 Å². The van der Waals surface area contributed by atoms with E-state index in [1.165, 1.54) is 0 Å². The second-order valence-corrected chi connectivity index (χ2v) is 6.52. The normalized spacial score (nSPS) is 16.3. The zero-order valence-electron chi connectivity index (χ0n) is 16.3. The summed E-state index contributed by atoms with van der Waals surface area (Å²) in [4.78, 5) is 17.8. The van der Waals surface area contributed by atoms with Gasteiger partial charge in [0, 0.05) is 19.1 Å². The number of rotatable bonds is 6. The zero-order chi connectivity index (χ0) is 18.9. The molecule has 1 saturated heterocycles. The summed E-state index contributed by atoms with van der Waals surface area (Å²) in [5.74, 6) is 1.29. The number of aliphatic imine (C=N–C) groups is 1. The van der Waals surface area contributed by atoms with Crippen LogP contribution in [0.25, 0.3) is 0 Å². The smallest absolute Gasteiger partial charge is 0.409 e. The standard InChI is InChI=1S/C19H30N4O3.HI/c1-4-25-19(24)23-11-9-16(10-12-23)22-18(20)21-13-15(3)26-17-8-6-5-7-14(17)2;/h5-8,15-16H,4,9-13H2,1-3H3,(H3,20,21,22);1H. The second kappa shape index (κ2) is 11.9. The van der Waals surface area contributed by atoms with Crippen molar-refractivity contribution in [2.75, 3.05) is 26.2 Å². The molecule has 7 nitrogen and oxygen atoms in total. The molecule has 8 heteroatoms. The molecule has 1 aromatic rings. The minimum absolute atomic E-state index is 0. The minimum Gasteiger partial charge on any atom is -0.489 e. The van der Waals surface area contributed by atoms with Gasteiger partial charge in [-0.2, -0.15) is 0 Å². The molecule has 0 aromatic heterocycles. The Morgan fingerprint density at radius 1 is 1.37 bits per heavy atom. The number of nitrogens with one attached hydrogen (secondary N) is 1. The maximum Gasteiger partial charge on any atom is 0.409 e. The first-order chi connectivity index (χ1) is 12.5. The first-order valence-electron chi connectivity index (χ1n) is 9.20.